The van der Waals surface area contributed by atoms with Crippen molar-refractivity contribution in [3.05, 3.63) is 0 Å². The highest BCUT2D eigenvalue weighted by atomic mass is 16.4. The molecule has 0 aromatic rings. The minimum absolute atomic E-state index is 0.263. The monoisotopic (exact) mass is 191 g/mol. The van der Waals surface area contributed by atoms with Crippen LogP contribution < -0.4 is 0 Å². The Balaban J connectivity index is 4.17. The highest BCUT2D eigenvalue weighted by Crippen LogP contribution is 1.97. The second-order valence-corrected chi connectivity index (χ2v) is 2.72. The van der Waals surface area contributed by atoms with Gasteiger partial charge >= 0.3 is 11.9 Å². The third kappa shape index (κ3) is 5.15. The first kappa shape index (κ1) is 11.9. The predicted octanol–water partition coefficient (Wildman–Crippen LogP) is -1.16. The smallest absolute Gasteiger partial charge is 0.317 e. The van der Waals surface area contributed by atoms with Gasteiger partial charge in [0.15, 0.2) is 0 Å². The molecule has 0 spiro atoms. The van der Waals surface area contributed by atoms with Gasteiger partial charge < -0.3 is 15.3 Å². The van der Waals surface area contributed by atoms with Crippen LogP contribution in [0, 0.1) is 0 Å². The number of hydrogen-bond acceptors (Lipinski definition) is 4. The number of carboxylic acids is 2. The fourth-order valence-electron chi connectivity index (χ4n) is 0.831. The molecule has 0 heterocycles. The average molecular weight is 191 g/mol. The summed E-state index contributed by atoms with van der Waals surface area (Å²) in [6.45, 7) is 0.536. The summed E-state index contributed by atoms with van der Waals surface area (Å²) in [5, 5.41) is 25.6. The summed E-state index contributed by atoms with van der Waals surface area (Å²) in [7, 11) is 0. The summed E-state index contributed by atoms with van der Waals surface area (Å²) in [4.78, 5) is 21.8. The van der Waals surface area contributed by atoms with Crippen LogP contribution in [0.25, 0.3) is 0 Å². The maximum atomic E-state index is 10.3. The summed E-state index contributed by atoms with van der Waals surface area (Å²) < 4.78 is 0. The van der Waals surface area contributed by atoms with Gasteiger partial charge in [-0.25, -0.2) is 0 Å². The van der Waals surface area contributed by atoms with Crippen LogP contribution in [0.1, 0.15) is 6.92 Å². The molecule has 0 aromatic carbocycles. The number of nitrogens with zero attached hydrogens (tertiary/aromatic N) is 1. The fourth-order valence-corrected chi connectivity index (χ4v) is 0.831. The molecule has 0 saturated heterocycles. The molecule has 1 atom stereocenters. The molecule has 0 amide bonds. The molecule has 0 aromatic heterocycles. The molecular formula is C7H13NO5. The van der Waals surface area contributed by atoms with E-state index in [1.807, 2.05) is 0 Å². The van der Waals surface area contributed by atoms with Gasteiger partial charge in [-0.05, 0) is 6.92 Å². The van der Waals surface area contributed by atoms with Crippen molar-refractivity contribution in [1.29, 1.82) is 0 Å². The molecular weight excluding hydrogens is 178 g/mol. The number of aliphatic hydroxyl groups excluding tert-OH is 1. The molecule has 0 bridgehead atoms. The normalized spacial score (nSPS) is 12.8. The van der Waals surface area contributed by atoms with Gasteiger partial charge in [-0.2, -0.15) is 0 Å². The first-order valence-electron chi connectivity index (χ1n) is 3.76. The summed E-state index contributed by atoms with van der Waals surface area (Å²) >= 11 is 0. The summed E-state index contributed by atoms with van der Waals surface area (Å²) in [5.74, 6) is -2.22. The SMILES string of the molecule is C[C@H](CO)N(CC(=O)O)CC(=O)O. The van der Waals surface area contributed by atoms with E-state index >= 15 is 0 Å². The Morgan fingerprint density at radius 2 is 1.62 bits per heavy atom. The molecule has 0 aliphatic rings. The predicted molar refractivity (Wildman–Crippen MR) is 43.4 cm³/mol. The Labute approximate surface area is 75.4 Å². The Morgan fingerprint density at radius 3 is 1.85 bits per heavy atom. The van der Waals surface area contributed by atoms with Crippen molar-refractivity contribution in [2.24, 2.45) is 0 Å². The van der Waals surface area contributed by atoms with Crippen LogP contribution >= 0.6 is 0 Å². The highest BCUT2D eigenvalue weighted by molar-refractivity contribution is 5.72. The van der Waals surface area contributed by atoms with Gasteiger partial charge in [-0.15, -0.1) is 0 Å². The zero-order valence-electron chi connectivity index (χ0n) is 7.30. The number of aliphatic hydroxyl groups is 1. The lowest BCUT2D eigenvalue weighted by molar-refractivity contribution is -0.143. The van der Waals surface area contributed by atoms with Gasteiger partial charge in [0.1, 0.15) is 0 Å². The van der Waals surface area contributed by atoms with Crippen molar-refractivity contribution in [2.45, 2.75) is 13.0 Å². The standard InChI is InChI=1S/C7H13NO5/c1-5(4-9)8(2-6(10)11)3-7(12)13/h5,9H,2-4H2,1H3,(H,10,11)(H,12,13)/t5-/m1/s1. The van der Waals surface area contributed by atoms with Crippen LogP contribution in [-0.4, -0.2) is 57.9 Å². The van der Waals surface area contributed by atoms with Gasteiger partial charge in [-0.3, -0.25) is 14.5 Å². The van der Waals surface area contributed by atoms with Crippen molar-refractivity contribution < 1.29 is 24.9 Å². The number of aliphatic carboxylic acids is 2. The quantitative estimate of drug-likeness (QED) is 0.489. The van der Waals surface area contributed by atoms with Crippen molar-refractivity contribution >= 4 is 11.9 Å². The molecule has 76 valence electrons. The van der Waals surface area contributed by atoms with Crippen LogP contribution in [0.3, 0.4) is 0 Å². The van der Waals surface area contributed by atoms with Crippen molar-refractivity contribution in [2.75, 3.05) is 19.7 Å². The lowest BCUT2D eigenvalue weighted by Gasteiger charge is -2.23. The van der Waals surface area contributed by atoms with Crippen molar-refractivity contribution in [3.8, 4) is 0 Å². The average Bonchev–Trinajstić information content (AvgIpc) is 2.00. The largest absolute Gasteiger partial charge is 0.480 e. The van der Waals surface area contributed by atoms with Gasteiger partial charge in [0.05, 0.1) is 19.7 Å². The van der Waals surface area contributed by atoms with E-state index in [-0.39, 0.29) is 19.7 Å². The molecule has 3 N–H and O–H groups in total. The van der Waals surface area contributed by atoms with Gasteiger partial charge in [0.25, 0.3) is 0 Å². The zero-order chi connectivity index (χ0) is 10.4. The van der Waals surface area contributed by atoms with Gasteiger partial charge in [0.2, 0.25) is 0 Å². The Hall–Kier alpha value is -1.14. The van der Waals surface area contributed by atoms with Crippen LogP contribution in [0.5, 0.6) is 0 Å². The molecule has 0 fully saturated rings. The Bertz CT molecular complexity index is 177. The maximum absolute atomic E-state index is 10.3. The molecule has 0 unspecified atom stereocenters. The summed E-state index contributed by atoms with van der Waals surface area (Å²) in [6.07, 6.45) is 0. The van der Waals surface area contributed by atoms with E-state index in [1.54, 1.807) is 6.92 Å². The zero-order valence-corrected chi connectivity index (χ0v) is 7.30. The number of hydrogen-bond donors (Lipinski definition) is 3. The van der Waals surface area contributed by atoms with E-state index in [0.717, 1.165) is 0 Å². The second-order valence-electron chi connectivity index (χ2n) is 2.72. The van der Waals surface area contributed by atoms with E-state index in [4.69, 9.17) is 15.3 Å². The third-order valence-electron chi connectivity index (χ3n) is 1.56. The minimum atomic E-state index is -1.11. The van der Waals surface area contributed by atoms with E-state index in [1.165, 1.54) is 4.90 Å². The van der Waals surface area contributed by atoms with Crippen molar-refractivity contribution in [1.82, 2.24) is 4.90 Å². The van der Waals surface area contributed by atoms with E-state index in [9.17, 15) is 9.59 Å². The second kappa shape index (κ2) is 5.50. The molecule has 0 aliphatic heterocycles. The van der Waals surface area contributed by atoms with E-state index < -0.39 is 18.0 Å². The van der Waals surface area contributed by atoms with Crippen molar-refractivity contribution in [3.63, 3.8) is 0 Å². The first-order chi connectivity index (χ1) is 5.97. The van der Waals surface area contributed by atoms with Gasteiger partial charge in [0, 0.05) is 6.04 Å². The van der Waals surface area contributed by atoms with Crippen LogP contribution in [0.4, 0.5) is 0 Å². The number of carboxylic acid groups (broad SMARTS) is 2. The molecule has 0 saturated carbocycles. The molecule has 0 radical (unpaired) electrons. The Morgan fingerprint density at radius 1 is 1.23 bits per heavy atom. The van der Waals surface area contributed by atoms with Crippen LogP contribution in [-0.2, 0) is 9.59 Å². The number of carbonyl (C=O) groups is 2. The molecule has 0 rings (SSSR count). The van der Waals surface area contributed by atoms with Crippen LogP contribution in [0.2, 0.25) is 0 Å². The molecule has 13 heavy (non-hydrogen) atoms. The summed E-state index contributed by atoms with van der Waals surface area (Å²) in [6, 6.07) is -0.466. The molecule has 0 aliphatic carbocycles. The highest BCUT2D eigenvalue weighted by Gasteiger charge is 2.18. The third-order valence-corrected chi connectivity index (χ3v) is 1.56. The molecule has 6 heteroatoms. The summed E-state index contributed by atoms with van der Waals surface area (Å²) in [5.41, 5.74) is 0. The maximum Gasteiger partial charge on any atom is 0.317 e. The lowest BCUT2D eigenvalue weighted by Crippen LogP contribution is -2.42. The first-order valence-corrected chi connectivity index (χ1v) is 3.76. The topological polar surface area (TPSA) is 98.1 Å². The van der Waals surface area contributed by atoms with Gasteiger partial charge in [-0.1, -0.05) is 0 Å². The Kier molecular flexibility index (Phi) is 5.01. The number of rotatable bonds is 6. The van der Waals surface area contributed by atoms with E-state index in [0.29, 0.717) is 0 Å². The van der Waals surface area contributed by atoms with Crippen LogP contribution in [0.15, 0.2) is 0 Å². The lowest BCUT2D eigenvalue weighted by atomic mass is 10.3. The molecule has 6 nitrogen and oxygen atoms in total. The minimum Gasteiger partial charge on any atom is -0.480 e. The fraction of sp³-hybridized carbons (Fsp3) is 0.714. The van der Waals surface area contributed by atoms with E-state index in [2.05, 4.69) is 0 Å².